The second kappa shape index (κ2) is 2.61. The van der Waals surface area contributed by atoms with Crippen LogP contribution in [-0.4, -0.2) is 13.1 Å². The molecule has 0 saturated heterocycles. The van der Waals surface area contributed by atoms with Gasteiger partial charge in [-0.05, 0) is 18.8 Å². The van der Waals surface area contributed by atoms with Crippen LogP contribution in [0.4, 0.5) is 0 Å². The summed E-state index contributed by atoms with van der Waals surface area (Å²) in [5.41, 5.74) is -0.457. The van der Waals surface area contributed by atoms with Gasteiger partial charge in [0.15, 0.2) is 0 Å². The Bertz CT molecular complexity index is 228. The van der Waals surface area contributed by atoms with Gasteiger partial charge in [-0.2, -0.15) is 0 Å². The molecule has 1 aliphatic rings. The van der Waals surface area contributed by atoms with E-state index in [0.29, 0.717) is 0 Å². The summed E-state index contributed by atoms with van der Waals surface area (Å²) >= 11 is 0. The van der Waals surface area contributed by atoms with Gasteiger partial charge in [0.25, 0.3) is 0 Å². The maximum absolute atomic E-state index is 11.5. The highest BCUT2D eigenvalue weighted by Crippen LogP contribution is 2.48. The molecule has 0 amide bonds. The van der Waals surface area contributed by atoms with E-state index in [1.165, 1.54) is 7.11 Å². The second-order valence-corrected chi connectivity index (χ2v) is 4.15. The lowest BCUT2D eigenvalue weighted by atomic mass is 9.69. The van der Waals surface area contributed by atoms with Gasteiger partial charge in [-0.3, -0.25) is 4.79 Å². The topological polar surface area (TPSA) is 26.3 Å². The molecular formula is C10H16O2. The van der Waals surface area contributed by atoms with E-state index in [9.17, 15) is 4.79 Å². The molecule has 1 rings (SSSR count). The Kier molecular flexibility index (Phi) is 2.02. The third-order valence-corrected chi connectivity index (χ3v) is 3.12. The molecule has 0 heterocycles. The fourth-order valence-corrected chi connectivity index (χ4v) is 1.61. The molecule has 0 aromatic heterocycles. The number of carbonyl (C=O) groups is 1. The standard InChI is InChI=1S/C10H16O2/c1-9(2)6-5-7-10(9,3)8(11)12-4/h5-6H,7H2,1-4H3/t10-/m0/s1. The third kappa shape index (κ3) is 1.06. The Morgan fingerprint density at radius 1 is 1.42 bits per heavy atom. The van der Waals surface area contributed by atoms with Crippen LogP contribution in [0.25, 0.3) is 0 Å². The van der Waals surface area contributed by atoms with Crippen molar-refractivity contribution >= 4 is 5.97 Å². The highest BCUT2D eigenvalue weighted by atomic mass is 16.5. The Morgan fingerprint density at radius 3 is 2.33 bits per heavy atom. The van der Waals surface area contributed by atoms with Crippen molar-refractivity contribution in [2.24, 2.45) is 10.8 Å². The van der Waals surface area contributed by atoms with Crippen molar-refractivity contribution in [1.82, 2.24) is 0 Å². The van der Waals surface area contributed by atoms with Crippen LogP contribution in [0.2, 0.25) is 0 Å². The number of methoxy groups -OCH3 is 1. The highest BCUT2D eigenvalue weighted by Gasteiger charge is 2.48. The molecule has 1 atom stereocenters. The van der Waals surface area contributed by atoms with Crippen LogP contribution < -0.4 is 0 Å². The number of hydrogen-bond acceptors (Lipinski definition) is 2. The van der Waals surface area contributed by atoms with Crippen molar-refractivity contribution in [3.05, 3.63) is 12.2 Å². The quantitative estimate of drug-likeness (QED) is 0.443. The first-order valence-corrected chi connectivity index (χ1v) is 4.20. The van der Waals surface area contributed by atoms with Crippen LogP contribution >= 0.6 is 0 Å². The number of carbonyl (C=O) groups excluding carboxylic acids is 1. The third-order valence-electron chi connectivity index (χ3n) is 3.12. The van der Waals surface area contributed by atoms with E-state index in [1.807, 2.05) is 6.92 Å². The summed E-state index contributed by atoms with van der Waals surface area (Å²) in [7, 11) is 1.45. The second-order valence-electron chi connectivity index (χ2n) is 4.15. The van der Waals surface area contributed by atoms with Crippen LogP contribution in [0.3, 0.4) is 0 Å². The molecule has 0 fully saturated rings. The molecule has 1 aliphatic carbocycles. The van der Waals surface area contributed by atoms with Gasteiger partial charge in [-0.1, -0.05) is 26.0 Å². The molecule has 2 heteroatoms. The first-order valence-electron chi connectivity index (χ1n) is 4.20. The van der Waals surface area contributed by atoms with E-state index in [0.717, 1.165) is 6.42 Å². The summed E-state index contributed by atoms with van der Waals surface area (Å²) in [6.07, 6.45) is 4.92. The molecule has 0 bridgehead atoms. The Morgan fingerprint density at radius 2 is 2.00 bits per heavy atom. The maximum atomic E-state index is 11.5. The number of allylic oxidation sites excluding steroid dienone is 2. The number of esters is 1. The smallest absolute Gasteiger partial charge is 0.312 e. The normalized spacial score (nSPS) is 32.0. The minimum absolute atomic E-state index is 0.0832. The number of rotatable bonds is 1. The summed E-state index contributed by atoms with van der Waals surface area (Å²) in [6, 6.07) is 0. The molecule has 68 valence electrons. The molecular weight excluding hydrogens is 152 g/mol. The minimum atomic E-state index is -0.373. The van der Waals surface area contributed by atoms with Crippen molar-refractivity contribution < 1.29 is 9.53 Å². The lowest BCUT2D eigenvalue weighted by Crippen LogP contribution is -2.38. The van der Waals surface area contributed by atoms with Crippen molar-refractivity contribution in [3.8, 4) is 0 Å². The fourth-order valence-electron chi connectivity index (χ4n) is 1.61. The number of ether oxygens (including phenoxy) is 1. The van der Waals surface area contributed by atoms with E-state index >= 15 is 0 Å². The van der Waals surface area contributed by atoms with Gasteiger partial charge in [0.2, 0.25) is 0 Å². The summed E-state index contributed by atoms with van der Waals surface area (Å²) < 4.78 is 4.79. The van der Waals surface area contributed by atoms with Crippen LogP contribution in [0.15, 0.2) is 12.2 Å². The van der Waals surface area contributed by atoms with E-state index in [4.69, 9.17) is 4.74 Å². The van der Waals surface area contributed by atoms with E-state index in [-0.39, 0.29) is 16.8 Å². The van der Waals surface area contributed by atoms with E-state index < -0.39 is 0 Å². The Labute approximate surface area is 73.6 Å². The van der Waals surface area contributed by atoms with Crippen molar-refractivity contribution in [2.45, 2.75) is 27.2 Å². The molecule has 0 aromatic carbocycles. The van der Waals surface area contributed by atoms with Crippen LogP contribution in [-0.2, 0) is 9.53 Å². The molecule has 12 heavy (non-hydrogen) atoms. The van der Waals surface area contributed by atoms with Crippen LogP contribution in [0, 0.1) is 10.8 Å². The summed E-state index contributed by atoms with van der Waals surface area (Å²) in [4.78, 5) is 11.5. The van der Waals surface area contributed by atoms with E-state index in [1.54, 1.807) is 0 Å². The van der Waals surface area contributed by atoms with Crippen LogP contribution in [0.1, 0.15) is 27.2 Å². The number of hydrogen-bond donors (Lipinski definition) is 0. The highest BCUT2D eigenvalue weighted by molar-refractivity contribution is 5.78. The largest absolute Gasteiger partial charge is 0.469 e. The lowest BCUT2D eigenvalue weighted by Gasteiger charge is -2.34. The van der Waals surface area contributed by atoms with Crippen LogP contribution in [0.5, 0.6) is 0 Å². The molecule has 0 aliphatic heterocycles. The zero-order valence-electron chi connectivity index (χ0n) is 8.18. The predicted octanol–water partition coefficient (Wildman–Crippen LogP) is 2.15. The lowest BCUT2D eigenvalue weighted by molar-refractivity contribution is -0.156. The summed E-state index contributed by atoms with van der Waals surface area (Å²) in [5.74, 6) is -0.113. The molecule has 0 N–H and O–H groups in total. The summed E-state index contributed by atoms with van der Waals surface area (Å²) in [5, 5.41) is 0. The van der Waals surface area contributed by atoms with Crippen molar-refractivity contribution in [2.75, 3.05) is 7.11 Å². The Balaban J connectivity index is 2.94. The summed E-state index contributed by atoms with van der Waals surface area (Å²) in [6.45, 7) is 6.08. The van der Waals surface area contributed by atoms with Gasteiger partial charge in [-0.15, -0.1) is 0 Å². The average Bonchev–Trinajstić information content (AvgIpc) is 2.26. The first kappa shape index (κ1) is 9.30. The zero-order valence-corrected chi connectivity index (χ0v) is 8.18. The van der Waals surface area contributed by atoms with E-state index in [2.05, 4.69) is 26.0 Å². The average molecular weight is 168 g/mol. The Hall–Kier alpha value is -0.790. The molecule has 0 aromatic rings. The monoisotopic (exact) mass is 168 g/mol. The predicted molar refractivity (Wildman–Crippen MR) is 47.7 cm³/mol. The maximum Gasteiger partial charge on any atom is 0.312 e. The SMILES string of the molecule is COC(=O)[C@]1(C)CC=CC1(C)C. The van der Waals surface area contributed by atoms with Crippen molar-refractivity contribution in [3.63, 3.8) is 0 Å². The zero-order chi connectivity index (χ0) is 9.41. The van der Waals surface area contributed by atoms with Gasteiger partial charge in [0.1, 0.15) is 0 Å². The van der Waals surface area contributed by atoms with Gasteiger partial charge >= 0.3 is 5.97 Å². The molecule has 0 spiro atoms. The molecule has 0 unspecified atom stereocenters. The molecule has 0 radical (unpaired) electrons. The molecule has 2 nitrogen and oxygen atoms in total. The minimum Gasteiger partial charge on any atom is -0.469 e. The van der Waals surface area contributed by atoms with Gasteiger partial charge in [0, 0.05) is 0 Å². The van der Waals surface area contributed by atoms with Crippen molar-refractivity contribution in [1.29, 1.82) is 0 Å². The van der Waals surface area contributed by atoms with Gasteiger partial charge < -0.3 is 4.74 Å². The fraction of sp³-hybridized carbons (Fsp3) is 0.700. The molecule has 0 saturated carbocycles. The first-order chi connectivity index (χ1) is 5.44. The van der Waals surface area contributed by atoms with Gasteiger partial charge in [0.05, 0.1) is 12.5 Å². The van der Waals surface area contributed by atoms with Gasteiger partial charge in [-0.25, -0.2) is 0 Å².